The third kappa shape index (κ3) is 4.16. The van der Waals surface area contributed by atoms with Crippen LogP contribution in [-0.2, 0) is 24.2 Å². The number of hydrogen-bond donors (Lipinski definition) is 1. The SMILES string of the molecule is CCNCc1cc2c(cc1OCC)CN(C(=O)OCC)C(C)C2. The highest BCUT2D eigenvalue weighted by Crippen LogP contribution is 2.30. The van der Waals surface area contributed by atoms with Gasteiger partial charge in [-0.1, -0.05) is 13.0 Å². The van der Waals surface area contributed by atoms with E-state index in [1.165, 1.54) is 11.1 Å². The average molecular weight is 320 g/mol. The van der Waals surface area contributed by atoms with Crippen LogP contribution in [0, 0.1) is 0 Å². The van der Waals surface area contributed by atoms with Gasteiger partial charge in [-0.15, -0.1) is 0 Å². The van der Waals surface area contributed by atoms with E-state index in [0.29, 0.717) is 19.8 Å². The minimum atomic E-state index is -0.236. The van der Waals surface area contributed by atoms with Crippen LogP contribution in [0.5, 0.6) is 5.75 Å². The van der Waals surface area contributed by atoms with E-state index in [1.54, 1.807) is 4.90 Å². The standard InChI is InChI=1S/C18H28N2O3/c1-5-19-11-15-9-14-8-13(4)20(18(21)23-7-3)12-16(14)10-17(15)22-6-2/h9-10,13,19H,5-8,11-12H2,1-4H3. The van der Waals surface area contributed by atoms with Gasteiger partial charge >= 0.3 is 6.09 Å². The topological polar surface area (TPSA) is 50.8 Å². The summed E-state index contributed by atoms with van der Waals surface area (Å²) >= 11 is 0. The predicted octanol–water partition coefficient (Wildman–Crippen LogP) is 3.10. The van der Waals surface area contributed by atoms with E-state index < -0.39 is 0 Å². The minimum absolute atomic E-state index is 0.145. The summed E-state index contributed by atoms with van der Waals surface area (Å²) in [6.07, 6.45) is 0.611. The first kappa shape index (κ1) is 17.6. The summed E-state index contributed by atoms with van der Waals surface area (Å²) in [5, 5.41) is 3.36. The van der Waals surface area contributed by atoms with Crippen molar-refractivity contribution < 1.29 is 14.3 Å². The van der Waals surface area contributed by atoms with Crippen LogP contribution in [-0.4, -0.2) is 36.8 Å². The highest BCUT2D eigenvalue weighted by Gasteiger charge is 2.28. The third-order valence-electron chi connectivity index (χ3n) is 4.14. The number of nitrogens with zero attached hydrogens (tertiary/aromatic N) is 1. The van der Waals surface area contributed by atoms with E-state index in [-0.39, 0.29) is 12.1 Å². The molecule has 1 aliphatic rings. The van der Waals surface area contributed by atoms with Crippen LogP contribution in [0.25, 0.3) is 0 Å². The van der Waals surface area contributed by atoms with Gasteiger partial charge in [-0.25, -0.2) is 4.79 Å². The highest BCUT2D eigenvalue weighted by molar-refractivity contribution is 5.68. The van der Waals surface area contributed by atoms with E-state index in [4.69, 9.17) is 9.47 Å². The van der Waals surface area contributed by atoms with Crippen molar-refractivity contribution in [1.29, 1.82) is 0 Å². The lowest BCUT2D eigenvalue weighted by Crippen LogP contribution is -2.43. The Hall–Kier alpha value is -1.75. The Labute approximate surface area is 139 Å². The lowest BCUT2D eigenvalue weighted by molar-refractivity contribution is 0.0861. The molecule has 1 amide bonds. The highest BCUT2D eigenvalue weighted by atomic mass is 16.6. The van der Waals surface area contributed by atoms with Gasteiger partial charge in [-0.05, 0) is 50.9 Å². The Balaban J connectivity index is 2.27. The van der Waals surface area contributed by atoms with Crippen molar-refractivity contribution in [1.82, 2.24) is 10.2 Å². The summed E-state index contributed by atoms with van der Waals surface area (Å²) in [7, 11) is 0. The maximum atomic E-state index is 12.1. The molecule has 1 aromatic rings. The number of amides is 1. The molecule has 0 saturated carbocycles. The van der Waals surface area contributed by atoms with Gasteiger partial charge in [0.2, 0.25) is 0 Å². The Bertz CT molecular complexity index is 545. The molecule has 0 bridgehead atoms. The molecule has 2 rings (SSSR count). The zero-order valence-corrected chi connectivity index (χ0v) is 14.6. The molecule has 128 valence electrons. The van der Waals surface area contributed by atoms with Crippen molar-refractivity contribution in [3.63, 3.8) is 0 Å². The Morgan fingerprint density at radius 3 is 2.70 bits per heavy atom. The molecule has 0 spiro atoms. The summed E-state index contributed by atoms with van der Waals surface area (Å²) in [6, 6.07) is 4.46. The molecular weight excluding hydrogens is 292 g/mol. The molecule has 0 aliphatic carbocycles. The van der Waals surface area contributed by atoms with Crippen LogP contribution in [0.1, 0.15) is 44.4 Å². The monoisotopic (exact) mass is 320 g/mol. The number of hydrogen-bond acceptors (Lipinski definition) is 4. The minimum Gasteiger partial charge on any atom is -0.494 e. The van der Waals surface area contributed by atoms with E-state index >= 15 is 0 Å². The molecule has 0 fully saturated rings. The first-order chi connectivity index (χ1) is 11.1. The van der Waals surface area contributed by atoms with Gasteiger partial charge < -0.3 is 19.7 Å². The molecular formula is C18H28N2O3. The van der Waals surface area contributed by atoms with E-state index in [9.17, 15) is 4.79 Å². The molecule has 23 heavy (non-hydrogen) atoms. The van der Waals surface area contributed by atoms with Gasteiger partial charge in [0.1, 0.15) is 5.75 Å². The molecule has 0 aromatic heterocycles. The third-order valence-corrected chi connectivity index (χ3v) is 4.14. The molecule has 1 unspecified atom stereocenters. The summed E-state index contributed by atoms with van der Waals surface area (Å²) in [5.41, 5.74) is 3.64. The first-order valence-electron chi connectivity index (χ1n) is 8.52. The predicted molar refractivity (Wildman–Crippen MR) is 90.7 cm³/mol. The van der Waals surface area contributed by atoms with Gasteiger partial charge in [0, 0.05) is 24.7 Å². The second kappa shape index (κ2) is 8.20. The fourth-order valence-corrected chi connectivity index (χ4v) is 2.96. The van der Waals surface area contributed by atoms with Gasteiger partial charge in [-0.2, -0.15) is 0 Å². The maximum Gasteiger partial charge on any atom is 0.410 e. The number of fused-ring (bicyclic) bond motifs is 1. The molecule has 1 aromatic carbocycles. The van der Waals surface area contributed by atoms with Crippen molar-refractivity contribution in [2.45, 2.75) is 53.2 Å². The zero-order valence-electron chi connectivity index (χ0n) is 14.6. The number of carbonyl (C=O) groups is 1. The quantitative estimate of drug-likeness (QED) is 0.875. The fraction of sp³-hybridized carbons (Fsp3) is 0.611. The van der Waals surface area contributed by atoms with Crippen molar-refractivity contribution in [2.75, 3.05) is 19.8 Å². The number of benzene rings is 1. The van der Waals surface area contributed by atoms with Crippen LogP contribution >= 0.6 is 0 Å². The summed E-state index contributed by atoms with van der Waals surface area (Å²) < 4.78 is 11.0. The lowest BCUT2D eigenvalue weighted by atomic mass is 9.92. The normalized spacial score (nSPS) is 16.9. The molecule has 1 heterocycles. The van der Waals surface area contributed by atoms with Crippen LogP contribution in [0.15, 0.2) is 12.1 Å². The fourth-order valence-electron chi connectivity index (χ4n) is 2.96. The van der Waals surface area contributed by atoms with Crippen molar-refractivity contribution in [3.8, 4) is 5.75 Å². The van der Waals surface area contributed by atoms with Crippen molar-refractivity contribution in [2.24, 2.45) is 0 Å². The van der Waals surface area contributed by atoms with E-state index in [2.05, 4.69) is 31.3 Å². The molecule has 1 atom stereocenters. The molecule has 0 radical (unpaired) electrons. The number of ether oxygens (including phenoxy) is 2. The molecule has 1 N–H and O–H groups in total. The van der Waals surface area contributed by atoms with Gasteiger partial charge in [0.15, 0.2) is 0 Å². The first-order valence-corrected chi connectivity index (χ1v) is 8.52. The zero-order chi connectivity index (χ0) is 16.8. The van der Waals surface area contributed by atoms with Crippen LogP contribution < -0.4 is 10.1 Å². The second-order valence-electron chi connectivity index (χ2n) is 5.82. The van der Waals surface area contributed by atoms with E-state index in [1.807, 2.05) is 13.8 Å². The van der Waals surface area contributed by atoms with Crippen LogP contribution in [0.2, 0.25) is 0 Å². The van der Waals surface area contributed by atoms with Gasteiger partial charge in [0.05, 0.1) is 13.2 Å². The lowest BCUT2D eigenvalue weighted by Gasteiger charge is -2.34. The van der Waals surface area contributed by atoms with E-state index in [0.717, 1.165) is 30.8 Å². The van der Waals surface area contributed by atoms with Crippen molar-refractivity contribution >= 4 is 6.09 Å². The number of rotatable bonds is 6. The van der Waals surface area contributed by atoms with Crippen LogP contribution in [0.3, 0.4) is 0 Å². The summed E-state index contributed by atoms with van der Waals surface area (Å²) in [4.78, 5) is 13.9. The van der Waals surface area contributed by atoms with Crippen LogP contribution in [0.4, 0.5) is 4.79 Å². The largest absolute Gasteiger partial charge is 0.494 e. The summed E-state index contributed by atoms with van der Waals surface area (Å²) in [5.74, 6) is 0.908. The molecule has 0 saturated heterocycles. The Morgan fingerprint density at radius 1 is 1.26 bits per heavy atom. The number of nitrogens with one attached hydrogen (secondary N) is 1. The van der Waals surface area contributed by atoms with Crippen molar-refractivity contribution in [3.05, 3.63) is 28.8 Å². The Kier molecular flexibility index (Phi) is 6.28. The molecule has 5 heteroatoms. The van der Waals surface area contributed by atoms with Gasteiger partial charge in [0.25, 0.3) is 0 Å². The second-order valence-corrected chi connectivity index (χ2v) is 5.82. The molecule has 1 aliphatic heterocycles. The maximum absolute atomic E-state index is 12.1. The summed E-state index contributed by atoms with van der Waals surface area (Å²) in [6.45, 7) is 11.3. The smallest absolute Gasteiger partial charge is 0.410 e. The number of carbonyl (C=O) groups excluding carboxylic acids is 1. The molecule has 5 nitrogen and oxygen atoms in total. The Morgan fingerprint density at radius 2 is 2.04 bits per heavy atom. The average Bonchev–Trinajstić information content (AvgIpc) is 2.53. The van der Waals surface area contributed by atoms with Gasteiger partial charge in [-0.3, -0.25) is 0 Å².